The van der Waals surface area contributed by atoms with Crippen LogP contribution < -0.4 is 0 Å². The van der Waals surface area contributed by atoms with Gasteiger partial charge in [-0.05, 0) is 30.9 Å². The molecule has 0 aliphatic heterocycles. The number of rotatable bonds is 4. The topological polar surface area (TPSA) is 37.3 Å². The second-order valence-corrected chi connectivity index (χ2v) is 4.18. The van der Waals surface area contributed by atoms with Crippen LogP contribution in [-0.4, -0.2) is 11.4 Å². The highest BCUT2D eigenvalue weighted by Crippen LogP contribution is 2.30. The van der Waals surface area contributed by atoms with Gasteiger partial charge in [-0.3, -0.25) is 4.79 Å². The van der Waals surface area contributed by atoms with Crippen LogP contribution in [0.4, 0.5) is 0 Å². The second-order valence-electron chi connectivity index (χ2n) is 3.24. The van der Waals surface area contributed by atoms with E-state index in [-0.39, 0.29) is 0 Å². The molecule has 3 heteroatoms. The van der Waals surface area contributed by atoms with E-state index >= 15 is 0 Å². The van der Waals surface area contributed by atoms with E-state index in [1.165, 1.54) is 11.3 Å². The van der Waals surface area contributed by atoms with Gasteiger partial charge >= 0.3 is 0 Å². The van der Waals surface area contributed by atoms with E-state index in [2.05, 4.69) is 0 Å². The van der Waals surface area contributed by atoms with Crippen molar-refractivity contribution in [3.8, 4) is 0 Å². The molecule has 1 atom stereocenters. The minimum atomic E-state index is -1.48. The number of carbonyl (C=O) groups excluding carboxylic acids is 1. The van der Waals surface area contributed by atoms with Crippen LogP contribution in [0.2, 0.25) is 0 Å². The number of aldehydes is 1. The molecule has 1 aromatic heterocycles. The van der Waals surface area contributed by atoms with Crippen LogP contribution in [0, 0.1) is 0 Å². The van der Waals surface area contributed by atoms with Gasteiger partial charge in [-0.1, -0.05) is 24.3 Å². The molecule has 0 bridgehead atoms. The highest BCUT2D eigenvalue weighted by atomic mass is 32.1. The number of aliphatic hydroxyl groups is 1. The van der Waals surface area contributed by atoms with Crippen molar-refractivity contribution in [2.75, 3.05) is 0 Å². The quantitative estimate of drug-likeness (QED) is 0.628. The smallest absolute Gasteiger partial charge is 0.175 e. The SMILES string of the molecule is C/C=C\C=C(/C)C(O)(C=O)c1cccs1. The van der Waals surface area contributed by atoms with Crippen molar-refractivity contribution in [1.29, 1.82) is 0 Å². The maximum Gasteiger partial charge on any atom is 0.175 e. The Morgan fingerprint density at radius 3 is 2.80 bits per heavy atom. The Hall–Kier alpha value is -1.19. The van der Waals surface area contributed by atoms with E-state index in [9.17, 15) is 9.90 Å². The summed E-state index contributed by atoms with van der Waals surface area (Å²) in [5, 5.41) is 12.1. The summed E-state index contributed by atoms with van der Waals surface area (Å²) in [6.45, 7) is 3.63. The van der Waals surface area contributed by atoms with Gasteiger partial charge in [0, 0.05) is 4.88 Å². The molecular weight excluding hydrogens is 208 g/mol. The fourth-order valence-corrected chi connectivity index (χ4v) is 2.06. The van der Waals surface area contributed by atoms with Gasteiger partial charge < -0.3 is 5.11 Å². The van der Waals surface area contributed by atoms with Crippen LogP contribution in [0.15, 0.2) is 41.3 Å². The minimum Gasteiger partial charge on any atom is -0.373 e. The van der Waals surface area contributed by atoms with Crippen molar-refractivity contribution < 1.29 is 9.90 Å². The Kier molecular flexibility index (Phi) is 4.00. The number of hydrogen-bond acceptors (Lipinski definition) is 3. The molecular formula is C12H14O2S. The summed E-state index contributed by atoms with van der Waals surface area (Å²) in [5.41, 5.74) is -0.855. The van der Waals surface area contributed by atoms with E-state index < -0.39 is 5.60 Å². The zero-order valence-corrected chi connectivity index (χ0v) is 9.62. The van der Waals surface area contributed by atoms with Crippen molar-refractivity contribution >= 4 is 17.6 Å². The largest absolute Gasteiger partial charge is 0.373 e. The Labute approximate surface area is 93.6 Å². The molecule has 2 nitrogen and oxygen atoms in total. The fraction of sp³-hybridized carbons (Fsp3) is 0.250. The van der Waals surface area contributed by atoms with E-state index in [1.54, 1.807) is 25.1 Å². The van der Waals surface area contributed by atoms with Gasteiger partial charge in [0.25, 0.3) is 0 Å². The monoisotopic (exact) mass is 222 g/mol. The third-order valence-electron chi connectivity index (χ3n) is 2.21. The van der Waals surface area contributed by atoms with Crippen LogP contribution in [0.25, 0.3) is 0 Å². The summed E-state index contributed by atoms with van der Waals surface area (Å²) in [4.78, 5) is 11.7. The first-order valence-electron chi connectivity index (χ1n) is 4.68. The summed E-state index contributed by atoms with van der Waals surface area (Å²) < 4.78 is 0. The van der Waals surface area contributed by atoms with Gasteiger partial charge in [0.05, 0.1) is 0 Å². The van der Waals surface area contributed by atoms with Crippen LogP contribution in [0.1, 0.15) is 18.7 Å². The molecule has 80 valence electrons. The molecule has 0 spiro atoms. The molecule has 1 N–H and O–H groups in total. The maximum absolute atomic E-state index is 11.0. The lowest BCUT2D eigenvalue weighted by atomic mass is 9.94. The van der Waals surface area contributed by atoms with Gasteiger partial charge in [-0.2, -0.15) is 0 Å². The standard InChI is InChI=1S/C12H14O2S/c1-3-4-6-10(2)12(14,9-13)11-7-5-8-15-11/h3-9,14H,1-2H3/b4-3-,10-6+. The zero-order valence-electron chi connectivity index (χ0n) is 8.81. The summed E-state index contributed by atoms with van der Waals surface area (Å²) in [7, 11) is 0. The van der Waals surface area contributed by atoms with Crippen LogP contribution in [-0.2, 0) is 10.4 Å². The van der Waals surface area contributed by atoms with Gasteiger partial charge in [0.1, 0.15) is 0 Å². The van der Waals surface area contributed by atoms with Crippen molar-refractivity contribution in [2.24, 2.45) is 0 Å². The van der Waals surface area contributed by atoms with Gasteiger partial charge in [-0.15, -0.1) is 11.3 Å². The van der Waals surface area contributed by atoms with Gasteiger partial charge in [-0.25, -0.2) is 0 Å². The van der Waals surface area contributed by atoms with Crippen molar-refractivity contribution in [3.63, 3.8) is 0 Å². The van der Waals surface area contributed by atoms with Crippen molar-refractivity contribution in [3.05, 3.63) is 46.2 Å². The fourth-order valence-electron chi connectivity index (χ4n) is 1.21. The second kappa shape index (κ2) is 5.05. The molecule has 1 unspecified atom stereocenters. The maximum atomic E-state index is 11.0. The molecule has 15 heavy (non-hydrogen) atoms. The van der Waals surface area contributed by atoms with E-state index in [0.717, 1.165) is 0 Å². The van der Waals surface area contributed by atoms with Crippen LogP contribution in [0.3, 0.4) is 0 Å². The summed E-state index contributed by atoms with van der Waals surface area (Å²) >= 11 is 1.37. The van der Waals surface area contributed by atoms with Crippen LogP contribution in [0.5, 0.6) is 0 Å². The lowest BCUT2D eigenvalue weighted by molar-refractivity contribution is -0.121. The molecule has 1 aromatic rings. The van der Waals surface area contributed by atoms with Crippen LogP contribution >= 0.6 is 11.3 Å². The van der Waals surface area contributed by atoms with E-state index in [1.807, 2.05) is 24.4 Å². The summed E-state index contributed by atoms with van der Waals surface area (Å²) in [5.74, 6) is 0. The molecule has 0 aromatic carbocycles. The lowest BCUT2D eigenvalue weighted by Gasteiger charge is -2.20. The zero-order chi connectivity index (χ0) is 11.3. The summed E-state index contributed by atoms with van der Waals surface area (Å²) in [6.07, 6.45) is 5.98. The van der Waals surface area contributed by atoms with E-state index in [4.69, 9.17) is 0 Å². The first kappa shape index (κ1) is 11.9. The molecule has 0 saturated heterocycles. The van der Waals surface area contributed by atoms with Gasteiger partial charge in [0.15, 0.2) is 11.9 Å². The molecule has 0 aliphatic rings. The number of thiophene rings is 1. The first-order chi connectivity index (χ1) is 7.15. The molecule has 1 rings (SSSR count). The Bertz CT molecular complexity index is 376. The average Bonchev–Trinajstić information content (AvgIpc) is 2.78. The molecule has 0 radical (unpaired) electrons. The Morgan fingerprint density at radius 2 is 2.33 bits per heavy atom. The molecule has 0 saturated carbocycles. The van der Waals surface area contributed by atoms with Crippen molar-refractivity contribution in [2.45, 2.75) is 19.4 Å². The Morgan fingerprint density at radius 1 is 1.60 bits per heavy atom. The minimum absolute atomic E-state index is 0.578. The number of hydrogen-bond donors (Lipinski definition) is 1. The normalized spacial score (nSPS) is 16.6. The third-order valence-corrected chi connectivity index (χ3v) is 3.20. The number of allylic oxidation sites excluding steroid dienone is 3. The predicted octanol–water partition coefficient (Wildman–Crippen LogP) is 2.66. The molecule has 0 amide bonds. The molecule has 1 heterocycles. The van der Waals surface area contributed by atoms with Gasteiger partial charge in [0.2, 0.25) is 0 Å². The molecule has 0 aliphatic carbocycles. The highest BCUT2D eigenvalue weighted by Gasteiger charge is 2.31. The first-order valence-corrected chi connectivity index (χ1v) is 5.56. The lowest BCUT2D eigenvalue weighted by Crippen LogP contribution is -2.27. The summed E-state index contributed by atoms with van der Waals surface area (Å²) in [6, 6.07) is 3.57. The van der Waals surface area contributed by atoms with Crippen molar-refractivity contribution in [1.82, 2.24) is 0 Å². The molecule has 0 fully saturated rings. The third kappa shape index (κ3) is 2.43. The van der Waals surface area contributed by atoms with E-state index in [0.29, 0.717) is 16.7 Å². The number of carbonyl (C=O) groups is 1. The highest BCUT2D eigenvalue weighted by molar-refractivity contribution is 7.10. The average molecular weight is 222 g/mol. The predicted molar refractivity (Wildman–Crippen MR) is 62.9 cm³/mol. The Balaban J connectivity index is 3.11.